The molecule has 2 rings (SSSR count). The summed E-state index contributed by atoms with van der Waals surface area (Å²) < 4.78 is 0. The lowest BCUT2D eigenvalue weighted by Gasteiger charge is -2.06. The first-order valence-corrected chi connectivity index (χ1v) is 6.47. The van der Waals surface area contributed by atoms with Crippen LogP contribution in [-0.4, -0.2) is 9.97 Å². The first-order valence-electron chi connectivity index (χ1n) is 5.11. The van der Waals surface area contributed by atoms with E-state index in [4.69, 9.17) is 17.3 Å². The lowest BCUT2D eigenvalue weighted by atomic mass is 10.2. The number of nitrogen functional groups attached to an aromatic ring is 1. The summed E-state index contributed by atoms with van der Waals surface area (Å²) in [6.45, 7) is 1.96. The van der Waals surface area contributed by atoms with Crippen molar-refractivity contribution < 1.29 is 0 Å². The molecule has 2 N–H and O–H groups in total. The van der Waals surface area contributed by atoms with Crippen molar-refractivity contribution in [2.45, 2.75) is 17.8 Å². The number of benzene rings is 1. The lowest BCUT2D eigenvalue weighted by Crippen LogP contribution is -1.94. The van der Waals surface area contributed by atoms with E-state index in [0.29, 0.717) is 16.5 Å². The minimum atomic E-state index is 0.675. The summed E-state index contributed by atoms with van der Waals surface area (Å²) in [6.07, 6.45) is 3.59. The summed E-state index contributed by atoms with van der Waals surface area (Å²) in [5.74, 6) is 0.675. The van der Waals surface area contributed by atoms with E-state index >= 15 is 0 Å². The van der Waals surface area contributed by atoms with Crippen LogP contribution in [0.4, 0.5) is 5.69 Å². The molecule has 0 amide bonds. The third kappa shape index (κ3) is 3.11. The van der Waals surface area contributed by atoms with Gasteiger partial charge < -0.3 is 5.73 Å². The molecule has 0 aliphatic carbocycles. The predicted octanol–water partition coefficient (Wildman–Crippen LogP) is 3.31. The highest BCUT2D eigenvalue weighted by atomic mass is 35.5. The van der Waals surface area contributed by atoms with Crippen molar-refractivity contribution in [3.8, 4) is 0 Å². The van der Waals surface area contributed by atoms with E-state index < -0.39 is 0 Å². The maximum Gasteiger partial charge on any atom is 0.187 e. The first-order chi connectivity index (χ1) is 8.16. The van der Waals surface area contributed by atoms with Gasteiger partial charge >= 0.3 is 0 Å². The van der Waals surface area contributed by atoms with E-state index in [0.717, 1.165) is 16.3 Å². The molecule has 0 unspecified atom stereocenters. The SMILES string of the molecule is Cc1cnc(SCc2c(N)cccc2Cl)nc1. The zero-order valence-corrected chi connectivity index (χ0v) is 10.9. The third-order valence-electron chi connectivity index (χ3n) is 2.26. The molecule has 5 heteroatoms. The van der Waals surface area contributed by atoms with Gasteiger partial charge in [0.15, 0.2) is 5.16 Å². The summed E-state index contributed by atoms with van der Waals surface area (Å²) >= 11 is 7.61. The van der Waals surface area contributed by atoms with Gasteiger partial charge in [-0.1, -0.05) is 29.4 Å². The molecule has 3 nitrogen and oxygen atoms in total. The van der Waals surface area contributed by atoms with E-state index in [2.05, 4.69) is 9.97 Å². The topological polar surface area (TPSA) is 51.8 Å². The van der Waals surface area contributed by atoms with Crippen LogP contribution in [0.2, 0.25) is 5.02 Å². The molecule has 0 saturated carbocycles. The van der Waals surface area contributed by atoms with Gasteiger partial charge in [0.25, 0.3) is 0 Å². The fourth-order valence-corrected chi connectivity index (χ4v) is 2.50. The van der Waals surface area contributed by atoms with Gasteiger partial charge in [-0.2, -0.15) is 0 Å². The Labute approximate surface area is 109 Å². The predicted molar refractivity (Wildman–Crippen MR) is 72.2 cm³/mol. The maximum atomic E-state index is 6.09. The molecule has 0 radical (unpaired) electrons. The van der Waals surface area contributed by atoms with Crippen LogP contribution in [0, 0.1) is 6.92 Å². The number of rotatable bonds is 3. The van der Waals surface area contributed by atoms with Crippen LogP contribution in [0.5, 0.6) is 0 Å². The zero-order chi connectivity index (χ0) is 12.3. The molecule has 1 aromatic carbocycles. The number of hydrogen-bond donors (Lipinski definition) is 1. The standard InChI is InChI=1S/C12H12ClN3S/c1-8-5-15-12(16-6-8)17-7-9-10(13)3-2-4-11(9)14/h2-6H,7,14H2,1H3. The summed E-state index contributed by atoms with van der Waals surface area (Å²) in [6, 6.07) is 5.52. The van der Waals surface area contributed by atoms with E-state index in [1.165, 1.54) is 11.8 Å². The summed E-state index contributed by atoms with van der Waals surface area (Å²) in [4.78, 5) is 8.44. The van der Waals surface area contributed by atoms with Gasteiger partial charge in [-0.3, -0.25) is 0 Å². The van der Waals surface area contributed by atoms with E-state index in [9.17, 15) is 0 Å². The molecular formula is C12H12ClN3S. The van der Waals surface area contributed by atoms with Crippen LogP contribution < -0.4 is 5.73 Å². The normalized spacial score (nSPS) is 10.5. The van der Waals surface area contributed by atoms with Gasteiger partial charge in [0.05, 0.1) is 0 Å². The monoisotopic (exact) mass is 265 g/mol. The second-order valence-electron chi connectivity index (χ2n) is 3.64. The first kappa shape index (κ1) is 12.2. The fourth-order valence-electron chi connectivity index (χ4n) is 1.32. The molecular weight excluding hydrogens is 254 g/mol. The molecule has 17 heavy (non-hydrogen) atoms. The molecule has 0 saturated heterocycles. The van der Waals surface area contributed by atoms with Crippen molar-refractivity contribution in [2.75, 3.05) is 5.73 Å². The van der Waals surface area contributed by atoms with Gasteiger partial charge in [-0.05, 0) is 24.6 Å². The Morgan fingerprint density at radius 3 is 2.65 bits per heavy atom. The largest absolute Gasteiger partial charge is 0.398 e. The minimum Gasteiger partial charge on any atom is -0.398 e. The minimum absolute atomic E-state index is 0.675. The van der Waals surface area contributed by atoms with Gasteiger partial charge in [0.1, 0.15) is 0 Å². The Bertz CT molecular complexity index is 493. The fraction of sp³-hybridized carbons (Fsp3) is 0.167. The third-order valence-corrected chi connectivity index (χ3v) is 3.51. The van der Waals surface area contributed by atoms with Gasteiger partial charge in [0, 0.05) is 34.4 Å². The van der Waals surface area contributed by atoms with E-state index in [1.54, 1.807) is 12.4 Å². The lowest BCUT2D eigenvalue weighted by molar-refractivity contribution is 0.949. The van der Waals surface area contributed by atoms with E-state index in [1.807, 2.05) is 25.1 Å². The van der Waals surface area contributed by atoms with Crippen molar-refractivity contribution in [3.05, 3.63) is 46.7 Å². The Balaban J connectivity index is 2.10. The van der Waals surface area contributed by atoms with Crippen molar-refractivity contribution in [3.63, 3.8) is 0 Å². The number of nitrogens with zero attached hydrogens (tertiary/aromatic N) is 2. The summed E-state index contributed by atoms with van der Waals surface area (Å²) in [7, 11) is 0. The van der Waals surface area contributed by atoms with E-state index in [-0.39, 0.29) is 0 Å². The van der Waals surface area contributed by atoms with Crippen LogP contribution in [-0.2, 0) is 5.75 Å². The van der Waals surface area contributed by atoms with Gasteiger partial charge in [-0.15, -0.1) is 0 Å². The number of halogens is 1. The highest BCUT2D eigenvalue weighted by Crippen LogP contribution is 2.28. The average Bonchev–Trinajstić information content (AvgIpc) is 2.31. The number of hydrogen-bond acceptors (Lipinski definition) is 4. The molecule has 0 aliphatic heterocycles. The molecule has 0 bridgehead atoms. The maximum absolute atomic E-state index is 6.09. The Hall–Kier alpha value is -1.26. The Morgan fingerprint density at radius 1 is 1.29 bits per heavy atom. The Morgan fingerprint density at radius 2 is 2.00 bits per heavy atom. The van der Waals surface area contributed by atoms with Crippen LogP contribution in [0.25, 0.3) is 0 Å². The number of aromatic nitrogens is 2. The molecule has 0 spiro atoms. The molecule has 2 aromatic rings. The number of nitrogens with two attached hydrogens (primary N) is 1. The number of thioether (sulfide) groups is 1. The van der Waals surface area contributed by atoms with Crippen molar-refractivity contribution in [1.29, 1.82) is 0 Å². The van der Waals surface area contributed by atoms with Crippen LogP contribution in [0.1, 0.15) is 11.1 Å². The van der Waals surface area contributed by atoms with Gasteiger partial charge in [0.2, 0.25) is 0 Å². The molecule has 1 aromatic heterocycles. The smallest absolute Gasteiger partial charge is 0.187 e. The second-order valence-corrected chi connectivity index (χ2v) is 4.99. The summed E-state index contributed by atoms with van der Waals surface area (Å²) in [5.41, 5.74) is 8.56. The molecule has 0 aliphatic rings. The number of aryl methyl sites for hydroxylation is 1. The van der Waals surface area contributed by atoms with Crippen molar-refractivity contribution in [2.24, 2.45) is 0 Å². The molecule has 88 valence electrons. The van der Waals surface area contributed by atoms with Crippen LogP contribution in [0.3, 0.4) is 0 Å². The zero-order valence-electron chi connectivity index (χ0n) is 9.35. The molecule has 0 fully saturated rings. The summed E-state index contributed by atoms with van der Waals surface area (Å²) in [5, 5.41) is 1.42. The van der Waals surface area contributed by atoms with Crippen LogP contribution >= 0.6 is 23.4 Å². The average molecular weight is 266 g/mol. The number of anilines is 1. The quantitative estimate of drug-likeness (QED) is 0.526. The van der Waals surface area contributed by atoms with Crippen molar-refractivity contribution in [1.82, 2.24) is 9.97 Å². The molecule has 1 heterocycles. The van der Waals surface area contributed by atoms with Crippen molar-refractivity contribution >= 4 is 29.1 Å². The van der Waals surface area contributed by atoms with Gasteiger partial charge in [-0.25, -0.2) is 9.97 Å². The van der Waals surface area contributed by atoms with Crippen LogP contribution in [0.15, 0.2) is 35.7 Å². The highest BCUT2D eigenvalue weighted by Gasteiger charge is 2.06. The second kappa shape index (κ2) is 5.38. The molecule has 0 atom stereocenters. The Kier molecular flexibility index (Phi) is 3.86. The highest BCUT2D eigenvalue weighted by molar-refractivity contribution is 7.98.